The molecule has 1 heterocycles. The summed E-state index contributed by atoms with van der Waals surface area (Å²) in [7, 11) is 2.11. The summed E-state index contributed by atoms with van der Waals surface area (Å²) in [6.07, 6.45) is 32.7. The van der Waals surface area contributed by atoms with Crippen LogP contribution in [0.3, 0.4) is 0 Å². The molecule has 7 fully saturated rings. The highest BCUT2D eigenvalue weighted by molar-refractivity contribution is 5.49. The maximum Gasteiger partial charge on any atom is 0.120 e. The first-order valence-electron chi connectivity index (χ1n) is 25.6. The Kier molecular flexibility index (Phi) is 20.9. The van der Waals surface area contributed by atoms with Gasteiger partial charge in [0.25, 0.3) is 0 Å². The Balaban J connectivity index is 0.000000339. The van der Waals surface area contributed by atoms with Gasteiger partial charge in [-0.3, -0.25) is 0 Å². The van der Waals surface area contributed by atoms with Crippen molar-refractivity contribution in [3.63, 3.8) is 0 Å². The fourth-order valence-electron chi connectivity index (χ4n) is 15.3. The van der Waals surface area contributed by atoms with Crippen LogP contribution in [0.2, 0.25) is 0 Å². The van der Waals surface area contributed by atoms with Crippen molar-refractivity contribution in [1.82, 2.24) is 10.2 Å². The van der Waals surface area contributed by atoms with Gasteiger partial charge in [0.15, 0.2) is 0 Å². The van der Waals surface area contributed by atoms with Gasteiger partial charge in [-0.1, -0.05) is 113 Å². The SMILES string of the molecule is C=C(CCCC=O)CC1CCC2(C)C(CCC3(C)C4CCC5(C(=C)NC)CCCC5C4CCC23)C1C.C=CC.CC.CC.CC1(C)CCCCN(CC2CCCC2)C1. The van der Waals surface area contributed by atoms with Crippen LogP contribution >= 0.6 is 0 Å². The zero-order valence-electron chi connectivity index (χ0n) is 40.9. The lowest BCUT2D eigenvalue weighted by molar-refractivity contribution is -0.186. The van der Waals surface area contributed by atoms with Crippen LogP contribution in [0.1, 0.15) is 210 Å². The highest BCUT2D eigenvalue weighted by Crippen LogP contribution is 2.72. The van der Waals surface area contributed by atoms with Gasteiger partial charge in [0.1, 0.15) is 6.29 Å². The van der Waals surface area contributed by atoms with E-state index in [4.69, 9.17) is 0 Å². The highest BCUT2D eigenvalue weighted by atomic mass is 16.1. The molecule has 1 saturated heterocycles. The summed E-state index contributed by atoms with van der Waals surface area (Å²) in [6.45, 7) is 39.3. The van der Waals surface area contributed by atoms with E-state index in [1.807, 2.05) is 34.6 Å². The number of allylic oxidation sites excluding steroid dienone is 3. The summed E-state index contributed by atoms with van der Waals surface area (Å²) < 4.78 is 0. The number of nitrogens with zero attached hydrogens (tertiary/aromatic N) is 1. The Labute approximate surface area is 363 Å². The lowest BCUT2D eigenvalue weighted by atomic mass is 9.37. The third-order valence-corrected chi connectivity index (χ3v) is 17.8. The fourth-order valence-corrected chi connectivity index (χ4v) is 15.3. The average Bonchev–Trinajstić information content (AvgIpc) is 3.87. The van der Waals surface area contributed by atoms with Crippen LogP contribution in [-0.4, -0.2) is 37.9 Å². The summed E-state index contributed by atoms with van der Waals surface area (Å²) in [5.41, 5.74) is 4.76. The van der Waals surface area contributed by atoms with Crippen molar-refractivity contribution in [1.29, 1.82) is 0 Å². The molecule has 58 heavy (non-hydrogen) atoms. The first kappa shape index (κ1) is 51.0. The van der Waals surface area contributed by atoms with Crippen LogP contribution in [0.5, 0.6) is 0 Å². The molecule has 6 saturated carbocycles. The summed E-state index contributed by atoms with van der Waals surface area (Å²) in [5.74, 6) is 7.16. The van der Waals surface area contributed by atoms with E-state index >= 15 is 0 Å². The van der Waals surface area contributed by atoms with Crippen molar-refractivity contribution in [2.75, 3.05) is 26.7 Å². The van der Waals surface area contributed by atoms with E-state index in [2.05, 4.69) is 71.6 Å². The lowest BCUT2D eigenvalue weighted by Crippen LogP contribution is -2.61. The summed E-state index contributed by atoms with van der Waals surface area (Å²) in [6, 6.07) is 0. The van der Waals surface area contributed by atoms with E-state index in [-0.39, 0.29) is 0 Å². The quantitative estimate of drug-likeness (QED) is 0.136. The van der Waals surface area contributed by atoms with Gasteiger partial charge < -0.3 is 15.0 Å². The van der Waals surface area contributed by atoms with E-state index in [1.54, 1.807) is 6.08 Å². The molecule has 0 amide bonds. The van der Waals surface area contributed by atoms with Crippen LogP contribution in [-0.2, 0) is 4.79 Å². The maximum absolute atomic E-state index is 10.7. The molecule has 0 spiro atoms. The van der Waals surface area contributed by atoms with E-state index in [0.29, 0.717) is 28.1 Å². The molecule has 7 rings (SSSR count). The van der Waals surface area contributed by atoms with Gasteiger partial charge in [0, 0.05) is 37.7 Å². The predicted octanol–water partition coefficient (Wildman–Crippen LogP) is 15.7. The van der Waals surface area contributed by atoms with Gasteiger partial charge in [0.05, 0.1) is 0 Å². The third kappa shape index (κ3) is 11.8. The van der Waals surface area contributed by atoms with Gasteiger partial charge in [-0.2, -0.15) is 0 Å². The zero-order chi connectivity index (χ0) is 43.1. The van der Waals surface area contributed by atoms with Crippen LogP contribution in [0.25, 0.3) is 0 Å². The number of carbonyl (C=O) groups is 1. The minimum atomic E-state index is 0.390. The second-order valence-electron chi connectivity index (χ2n) is 21.6. The number of hydrogen-bond donors (Lipinski definition) is 1. The molecular formula is C55H100N2O. The Bertz CT molecular complexity index is 1250. The minimum absolute atomic E-state index is 0.390. The van der Waals surface area contributed by atoms with Crippen molar-refractivity contribution >= 4 is 6.29 Å². The molecule has 10 unspecified atom stereocenters. The Morgan fingerprint density at radius 3 is 2.05 bits per heavy atom. The smallest absolute Gasteiger partial charge is 0.120 e. The van der Waals surface area contributed by atoms with Crippen molar-refractivity contribution in [3.05, 3.63) is 37.1 Å². The molecule has 10 atom stereocenters. The molecule has 3 heteroatoms. The number of carbonyl (C=O) groups excluding carboxylic acids is 1. The van der Waals surface area contributed by atoms with Crippen LogP contribution in [0, 0.1) is 69.0 Å². The summed E-state index contributed by atoms with van der Waals surface area (Å²) >= 11 is 0. The molecule has 7 aliphatic rings. The predicted molar refractivity (Wildman–Crippen MR) is 256 cm³/mol. The highest BCUT2D eigenvalue weighted by Gasteiger charge is 2.65. The number of hydrogen-bond acceptors (Lipinski definition) is 3. The van der Waals surface area contributed by atoms with E-state index in [1.165, 1.54) is 153 Å². The van der Waals surface area contributed by atoms with Crippen LogP contribution in [0.15, 0.2) is 37.1 Å². The molecule has 0 bridgehead atoms. The molecule has 6 aliphatic carbocycles. The largest absolute Gasteiger partial charge is 0.391 e. The summed E-state index contributed by atoms with van der Waals surface area (Å²) in [5, 5.41) is 3.52. The molecule has 0 radical (unpaired) electrons. The fraction of sp³-hybridized carbons (Fsp3) is 0.873. The monoisotopic (exact) mass is 805 g/mol. The van der Waals surface area contributed by atoms with Gasteiger partial charge in [-0.25, -0.2) is 0 Å². The van der Waals surface area contributed by atoms with Crippen molar-refractivity contribution in [3.8, 4) is 0 Å². The normalized spacial score (nSPS) is 37.5. The average molecular weight is 805 g/mol. The second kappa shape index (κ2) is 23.8. The number of unbranched alkanes of at least 4 members (excludes halogenated alkanes) is 1. The third-order valence-electron chi connectivity index (χ3n) is 17.8. The number of nitrogens with one attached hydrogen (secondary N) is 1. The van der Waals surface area contributed by atoms with Gasteiger partial charge in [0.2, 0.25) is 0 Å². The van der Waals surface area contributed by atoms with Gasteiger partial charge in [-0.15, -0.1) is 6.58 Å². The second-order valence-corrected chi connectivity index (χ2v) is 21.6. The van der Waals surface area contributed by atoms with E-state index < -0.39 is 0 Å². The molecular weight excluding hydrogens is 705 g/mol. The summed E-state index contributed by atoms with van der Waals surface area (Å²) in [4.78, 5) is 13.5. The maximum atomic E-state index is 10.7. The Morgan fingerprint density at radius 1 is 0.759 bits per heavy atom. The number of fused-ring (bicyclic) bond motifs is 7. The first-order chi connectivity index (χ1) is 27.8. The standard InChI is InChI=1S/C34H55NO.C14H27N.C3H6.2C2H6/c1-23(10-7-8-21-36)22-26-14-18-32(4)28(24(26)2)15-19-33(5)29-16-20-34(25(3)35-6)17-9-11-30(34)27(29)12-13-31(32)33;1-14(2)9-5-6-10-15(12-14)11-13-7-3-4-8-13;1-3-2;2*1-2/h21,24,26-31,35H,1,3,7-20,22H2,2,4-6H3;13H,3-12H2,1-2H3;3H,1H2,2H3;2*1-2H3. The topological polar surface area (TPSA) is 32.3 Å². The van der Waals surface area contributed by atoms with Crippen LogP contribution in [0.4, 0.5) is 0 Å². The van der Waals surface area contributed by atoms with Crippen LogP contribution < -0.4 is 5.32 Å². The Morgan fingerprint density at radius 2 is 1.40 bits per heavy atom. The molecule has 1 N–H and O–H groups in total. The number of rotatable bonds is 10. The zero-order valence-corrected chi connectivity index (χ0v) is 40.9. The number of aldehydes is 1. The van der Waals surface area contributed by atoms with Gasteiger partial charge >= 0.3 is 0 Å². The van der Waals surface area contributed by atoms with Gasteiger partial charge in [-0.05, 0) is 186 Å². The van der Waals surface area contributed by atoms with Crippen molar-refractivity contribution in [2.24, 2.45) is 69.0 Å². The minimum Gasteiger partial charge on any atom is -0.391 e. The van der Waals surface area contributed by atoms with E-state index in [9.17, 15) is 4.79 Å². The molecule has 0 aromatic rings. The Hall–Kier alpha value is -1.35. The number of likely N-dealkylation sites (tertiary alicyclic amines) is 1. The lowest BCUT2D eigenvalue weighted by Gasteiger charge is -2.68. The molecule has 3 nitrogen and oxygen atoms in total. The van der Waals surface area contributed by atoms with Crippen molar-refractivity contribution in [2.45, 2.75) is 210 Å². The van der Waals surface area contributed by atoms with E-state index in [0.717, 1.165) is 66.5 Å². The van der Waals surface area contributed by atoms with Crippen molar-refractivity contribution < 1.29 is 4.79 Å². The molecule has 0 aromatic heterocycles. The first-order valence-corrected chi connectivity index (χ1v) is 25.6. The molecule has 0 aromatic carbocycles. The molecule has 336 valence electrons. The molecule has 1 aliphatic heterocycles.